The van der Waals surface area contributed by atoms with Crippen molar-refractivity contribution in [1.82, 2.24) is 0 Å². The Bertz CT molecular complexity index is 441. The van der Waals surface area contributed by atoms with Crippen LogP contribution in [0.4, 0.5) is 13.2 Å². The van der Waals surface area contributed by atoms with Crippen LogP contribution in [0.3, 0.4) is 0 Å². The number of alkyl halides is 3. The zero-order chi connectivity index (χ0) is 13.1. The van der Waals surface area contributed by atoms with E-state index in [0.29, 0.717) is 0 Å². The third kappa shape index (κ3) is 4.56. The Kier molecular flexibility index (Phi) is 4.28. The molecule has 0 N–H and O–H groups in total. The second-order valence-corrected chi connectivity index (χ2v) is 3.87. The lowest BCUT2D eigenvalue weighted by Gasteiger charge is -2.07. The second-order valence-electron chi connectivity index (χ2n) is 3.45. The monoisotopic (exact) mass is 264 g/mol. The largest absolute Gasteiger partial charge is 0.416 e. The van der Waals surface area contributed by atoms with E-state index in [1.807, 2.05) is 0 Å². The van der Waals surface area contributed by atoms with E-state index in [4.69, 9.17) is 11.6 Å². The molecule has 0 unspecified atom stereocenters. The summed E-state index contributed by atoms with van der Waals surface area (Å²) < 4.78 is 37.1. The first-order valence-corrected chi connectivity index (χ1v) is 5.03. The lowest BCUT2D eigenvalue weighted by Crippen LogP contribution is -2.09. The molecule has 0 heterocycles. The lowest BCUT2D eigenvalue weighted by atomic mass is 10.0. The van der Waals surface area contributed by atoms with Crippen molar-refractivity contribution in [3.8, 4) is 0 Å². The summed E-state index contributed by atoms with van der Waals surface area (Å²) in [6.45, 7) is 0. The van der Waals surface area contributed by atoms with Crippen LogP contribution in [-0.4, -0.2) is 11.0 Å². The predicted molar refractivity (Wildman–Crippen MR) is 55.6 cm³/mol. The topological polar surface area (TPSA) is 34.1 Å². The normalized spacial score (nSPS) is 11.3. The van der Waals surface area contributed by atoms with Gasteiger partial charge in [-0.15, -0.1) is 0 Å². The molecule has 92 valence electrons. The molecule has 0 fully saturated rings. The summed E-state index contributed by atoms with van der Waals surface area (Å²) in [5.74, 6) is -0.510. The third-order valence-electron chi connectivity index (χ3n) is 1.99. The highest BCUT2D eigenvalue weighted by Gasteiger charge is 2.30. The van der Waals surface area contributed by atoms with E-state index in [9.17, 15) is 22.8 Å². The van der Waals surface area contributed by atoms with E-state index in [1.165, 1.54) is 12.1 Å². The molecule has 17 heavy (non-hydrogen) atoms. The van der Waals surface area contributed by atoms with Gasteiger partial charge in [0.1, 0.15) is 5.78 Å². The van der Waals surface area contributed by atoms with Crippen LogP contribution in [0.1, 0.15) is 17.5 Å². The summed E-state index contributed by atoms with van der Waals surface area (Å²) in [4.78, 5) is 21.6. The SMILES string of the molecule is O=C(Cl)CC(=O)Cc1cccc(C(F)(F)F)c1. The predicted octanol–water partition coefficient (Wildman–Crippen LogP) is 2.97. The molecule has 0 radical (unpaired) electrons. The summed E-state index contributed by atoms with van der Waals surface area (Å²) in [7, 11) is 0. The van der Waals surface area contributed by atoms with Crippen LogP contribution in [0.5, 0.6) is 0 Å². The zero-order valence-corrected chi connectivity index (χ0v) is 9.31. The molecule has 0 saturated carbocycles. The fraction of sp³-hybridized carbons (Fsp3) is 0.273. The van der Waals surface area contributed by atoms with Crippen LogP contribution in [0.2, 0.25) is 0 Å². The first kappa shape index (κ1) is 13.7. The van der Waals surface area contributed by atoms with Gasteiger partial charge in [-0.3, -0.25) is 9.59 Å². The highest BCUT2D eigenvalue weighted by atomic mass is 35.5. The minimum atomic E-state index is -4.44. The molecule has 0 amide bonds. The van der Waals surface area contributed by atoms with Gasteiger partial charge in [-0.1, -0.05) is 18.2 Å². The van der Waals surface area contributed by atoms with Crippen LogP contribution in [0.15, 0.2) is 24.3 Å². The Hall–Kier alpha value is -1.36. The van der Waals surface area contributed by atoms with Gasteiger partial charge < -0.3 is 0 Å². The van der Waals surface area contributed by atoms with Crippen molar-refractivity contribution < 1.29 is 22.8 Å². The van der Waals surface area contributed by atoms with E-state index in [-0.39, 0.29) is 12.0 Å². The van der Waals surface area contributed by atoms with Crippen molar-refractivity contribution in [2.24, 2.45) is 0 Å². The van der Waals surface area contributed by atoms with Gasteiger partial charge in [-0.2, -0.15) is 13.2 Å². The number of carbonyl (C=O) groups is 2. The summed E-state index contributed by atoms with van der Waals surface area (Å²) in [6.07, 6.45) is -5.15. The molecule has 0 atom stereocenters. The summed E-state index contributed by atoms with van der Waals surface area (Å²) in [6, 6.07) is 4.41. The summed E-state index contributed by atoms with van der Waals surface area (Å²) in [5, 5.41) is -0.818. The first-order chi connectivity index (χ1) is 7.79. The van der Waals surface area contributed by atoms with Crippen molar-refractivity contribution >= 4 is 22.6 Å². The molecule has 1 aromatic carbocycles. The molecular weight excluding hydrogens is 257 g/mol. The molecule has 0 aromatic heterocycles. The lowest BCUT2D eigenvalue weighted by molar-refractivity contribution is -0.137. The van der Waals surface area contributed by atoms with Gasteiger partial charge in [0.25, 0.3) is 0 Å². The number of carbonyl (C=O) groups excluding carboxylic acids is 2. The number of ketones is 1. The molecule has 0 aliphatic heterocycles. The Morgan fingerprint density at radius 3 is 2.41 bits per heavy atom. The van der Waals surface area contributed by atoms with Gasteiger partial charge in [-0.05, 0) is 23.2 Å². The Morgan fingerprint density at radius 1 is 1.24 bits per heavy atom. The van der Waals surface area contributed by atoms with Crippen molar-refractivity contribution in [2.45, 2.75) is 19.0 Å². The molecular formula is C11H8ClF3O2. The maximum Gasteiger partial charge on any atom is 0.416 e. The Balaban J connectivity index is 2.79. The molecule has 0 aliphatic rings. The van der Waals surface area contributed by atoms with Crippen LogP contribution in [0.25, 0.3) is 0 Å². The quantitative estimate of drug-likeness (QED) is 0.619. The van der Waals surface area contributed by atoms with Crippen molar-refractivity contribution in [3.05, 3.63) is 35.4 Å². The zero-order valence-electron chi connectivity index (χ0n) is 8.55. The fourth-order valence-corrected chi connectivity index (χ4v) is 1.45. The minimum absolute atomic E-state index is 0.211. The van der Waals surface area contributed by atoms with Crippen molar-refractivity contribution in [3.63, 3.8) is 0 Å². The number of hydrogen-bond acceptors (Lipinski definition) is 2. The second kappa shape index (κ2) is 5.31. The van der Waals surface area contributed by atoms with Gasteiger partial charge in [0.15, 0.2) is 0 Å². The van der Waals surface area contributed by atoms with Gasteiger partial charge >= 0.3 is 6.18 Å². The van der Waals surface area contributed by atoms with Crippen LogP contribution >= 0.6 is 11.6 Å². The van der Waals surface area contributed by atoms with Crippen LogP contribution < -0.4 is 0 Å². The van der Waals surface area contributed by atoms with Gasteiger partial charge in [0, 0.05) is 6.42 Å². The standard InChI is InChI=1S/C11H8ClF3O2/c12-10(17)6-9(16)5-7-2-1-3-8(4-7)11(13,14)15/h1-4H,5-6H2. The number of benzene rings is 1. The summed E-state index contributed by atoms with van der Waals surface area (Å²) >= 11 is 5.00. The van der Waals surface area contributed by atoms with Crippen LogP contribution in [0, 0.1) is 0 Å². The number of hydrogen-bond donors (Lipinski definition) is 0. The van der Waals surface area contributed by atoms with Crippen molar-refractivity contribution in [1.29, 1.82) is 0 Å². The van der Waals surface area contributed by atoms with E-state index in [1.54, 1.807) is 0 Å². The fourth-order valence-electron chi connectivity index (χ4n) is 1.30. The highest BCUT2D eigenvalue weighted by Crippen LogP contribution is 2.29. The van der Waals surface area contributed by atoms with Gasteiger partial charge in [0.05, 0.1) is 12.0 Å². The van der Waals surface area contributed by atoms with E-state index >= 15 is 0 Å². The van der Waals surface area contributed by atoms with Crippen molar-refractivity contribution in [2.75, 3.05) is 0 Å². The van der Waals surface area contributed by atoms with E-state index in [2.05, 4.69) is 0 Å². The van der Waals surface area contributed by atoms with Gasteiger partial charge in [-0.25, -0.2) is 0 Å². The number of Topliss-reactive ketones (excluding diaryl/α,β-unsaturated/α-hetero) is 1. The summed E-state index contributed by atoms with van der Waals surface area (Å²) in [5.41, 5.74) is -0.609. The molecule has 6 heteroatoms. The molecule has 0 spiro atoms. The maximum atomic E-state index is 12.4. The Morgan fingerprint density at radius 2 is 1.88 bits per heavy atom. The van der Waals surface area contributed by atoms with E-state index in [0.717, 1.165) is 12.1 Å². The van der Waals surface area contributed by atoms with Gasteiger partial charge in [0.2, 0.25) is 5.24 Å². The highest BCUT2D eigenvalue weighted by molar-refractivity contribution is 6.64. The molecule has 0 bridgehead atoms. The first-order valence-electron chi connectivity index (χ1n) is 4.65. The molecule has 1 aromatic rings. The number of halogens is 4. The molecule has 2 nitrogen and oxygen atoms in total. The average molecular weight is 265 g/mol. The number of rotatable bonds is 4. The maximum absolute atomic E-state index is 12.4. The van der Waals surface area contributed by atoms with E-state index < -0.39 is 29.2 Å². The van der Waals surface area contributed by atoms with Crippen LogP contribution in [-0.2, 0) is 22.2 Å². The average Bonchev–Trinajstić information content (AvgIpc) is 2.15. The smallest absolute Gasteiger partial charge is 0.299 e. The molecule has 1 rings (SSSR count). The third-order valence-corrected chi connectivity index (χ3v) is 2.13. The minimum Gasteiger partial charge on any atom is -0.299 e. The Labute approximate surface area is 100 Å². The molecule has 0 saturated heterocycles. The molecule has 0 aliphatic carbocycles.